The summed E-state index contributed by atoms with van der Waals surface area (Å²) in [5.74, 6) is 0.877. The average Bonchev–Trinajstić information content (AvgIpc) is 3.22. The summed E-state index contributed by atoms with van der Waals surface area (Å²) in [4.78, 5) is 23.6. The van der Waals surface area contributed by atoms with E-state index < -0.39 is 11.7 Å². The fraction of sp³-hybridized carbons (Fsp3) is 0.750. The Morgan fingerprint density at radius 2 is 0.833 bits per heavy atom. The van der Waals surface area contributed by atoms with Crippen LogP contribution in [-0.4, -0.2) is 190 Å². The maximum Gasteiger partial charge on any atom is 0.407 e. The number of hydrogen-bond donors (Lipinski definition) is 2. The number of carbonyl (C=O) groups is 2. The maximum absolute atomic E-state index is 12.1. The standard InChI is InChI=1S/C40H68N6O14/c1-34-43-45-38(46-44-34)36-7-5-35(6-8-36)33-42-37(47)9-11-49-13-15-51-17-19-53-21-23-55-25-27-57-29-31-59-32-30-58-28-26-56-24-22-54-20-18-52-16-14-50-12-10-41-39(48)60-40(2,3)4/h5-8H,9-33H2,1-4H3,(H,41,48)(H,42,47). The zero-order valence-corrected chi connectivity index (χ0v) is 36.0. The third kappa shape index (κ3) is 32.3. The van der Waals surface area contributed by atoms with Gasteiger partial charge in [-0.2, -0.15) is 0 Å². The number of rotatable bonds is 39. The summed E-state index contributed by atoms with van der Waals surface area (Å²) in [5.41, 5.74) is 1.24. The number of ether oxygens (including phenoxy) is 12. The van der Waals surface area contributed by atoms with Crippen molar-refractivity contribution in [2.24, 2.45) is 0 Å². The minimum absolute atomic E-state index is 0.0910. The summed E-state index contributed by atoms with van der Waals surface area (Å²) >= 11 is 0. The first-order valence-electron chi connectivity index (χ1n) is 20.4. The molecular formula is C40H68N6O14. The van der Waals surface area contributed by atoms with Gasteiger partial charge in [-0.3, -0.25) is 4.79 Å². The maximum atomic E-state index is 12.1. The number of aryl methyl sites for hydroxylation is 1. The van der Waals surface area contributed by atoms with Crippen molar-refractivity contribution in [3.8, 4) is 11.4 Å². The van der Waals surface area contributed by atoms with Gasteiger partial charge in [0, 0.05) is 25.1 Å². The number of benzene rings is 1. The molecule has 1 aromatic carbocycles. The lowest BCUT2D eigenvalue weighted by molar-refractivity contribution is -0.122. The Bertz CT molecular complexity index is 1330. The highest BCUT2D eigenvalue weighted by Crippen LogP contribution is 2.14. The Kier molecular flexibility index (Phi) is 31.7. The third-order valence-corrected chi connectivity index (χ3v) is 7.39. The molecule has 2 rings (SSSR count). The van der Waals surface area contributed by atoms with Crippen LogP contribution in [0.4, 0.5) is 4.79 Å². The molecule has 0 spiro atoms. The Hall–Kier alpha value is -3.54. The van der Waals surface area contributed by atoms with Gasteiger partial charge in [0.05, 0.1) is 145 Å². The Morgan fingerprint density at radius 3 is 1.20 bits per heavy atom. The predicted octanol–water partition coefficient (Wildman–Crippen LogP) is 1.96. The molecule has 0 unspecified atom stereocenters. The van der Waals surface area contributed by atoms with E-state index in [2.05, 4.69) is 31.0 Å². The molecule has 0 radical (unpaired) electrons. The lowest BCUT2D eigenvalue weighted by Crippen LogP contribution is -2.34. The first-order chi connectivity index (χ1) is 29.2. The van der Waals surface area contributed by atoms with E-state index in [-0.39, 0.29) is 12.3 Å². The van der Waals surface area contributed by atoms with Crippen molar-refractivity contribution in [2.75, 3.05) is 152 Å². The summed E-state index contributed by atoms with van der Waals surface area (Å²) in [6, 6.07) is 7.55. The van der Waals surface area contributed by atoms with Crippen molar-refractivity contribution >= 4 is 12.0 Å². The molecule has 2 aromatic rings. The van der Waals surface area contributed by atoms with E-state index in [1.807, 2.05) is 45.0 Å². The predicted molar refractivity (Wildman–Crippen MR) is 218 cm³/mol. The van der Waals surface area contributed by atoms with Crippen molar-refractivity contribution in [3.05, 3.63) is 35.7 Å². The van der Waals surface area contributed by atoms with Gasteiger partial charge in [0.1, 0.15) is 5.60 Å². The molecule has 1 heterocycles. The van der Waals surface area contributed by atoms with Gasteiger partial charge in [0.2, 0.25) is 11.7 Å². The molecule has 20 heteroatoms. The molecule has 0 atom stereocenters. The highest BCUT2D eigenvalue weighted by molar-refractivity contribution is 5.76. The number of nitrogens with one attached hydrogen (secondary N) is 2. The fourth-order valence-electron chi connectivity index (χ4n) is 4.46. The SMILES string of the molecule is Cc1nnc(-c2ccc(CNC(=O)CCOCCOCCOCCOCCOCCOCCOCCOCCOCCOCCOCCNC(=O)OC(C)(C)C)cc2)nn1. The third-order valence-electron chi connectivity index (χ3n) is 7.39. The molecule has 60 heavy (non-hydrogen) atoms. The van der Waals surface area contributed by atoms with E-state index in [4.69, 9.17) is 56.8 Å². The van der Waals surface area contributed by atoms with Crippen LogP contribution in [0, 0.1) is 6.92 Å². The van der Waals surface area contributed by atoms with Gasteiger partial charge in [-0.25, -0.2) is 4.79 Å². The first-order valence-corrected chi connectivity index (χ1v) is 20.4. The number of nitrogens with zero attached hydrogens (tertiary/aromatic N) is 4. The van der Waals surface area contributed by atoms with Crippen LogP contribution in [0.5, 0.6) is 0 Å². The lowest BCUT2D eigenvalue weighted by atomic mass is 10.1. The smallest absolute Gasteiger partial charge is 0.407 e. The van der Waals surface area contributed by atoms with Crippen molar-refractivity contribution in [2.45, 2.75) is 46.3 Å². The van der Waals surface area contributed by atoms with Crippen LogP contribution in [0.1, 0.15) is 38.6 Å². The zero-order chi connectivity index (χ0) is 43.2. The van der Waals surface area contributed by atoms with Crippen molar-refractivity contribution in [1.82, 2.24) is 31.0 Å². The van der Waals surface area contributed by atoms with Crippen molar-refractivity contribution < 1.29 is 66.4 Å². The van der Waals surface area contributed by atoms with Gasteiger partial charge in [-0.1, -0.05) is 24.3 Å². The van der Waals surface area contributed by atoms with Crippen molar-refractivity contribution in [3.63, 3.8) is 0 Å². The minimum Gasteiger partial charge on any atom is -0.444 e. The number of hydrogen-bond acceptors (Lipinski definition) is 18. The first kappa shape index (κ1) is 52.6. The Labute approximate surface area is 354 Å². The monoisotopic (exact) mass is 856 g/mol. The second kappa shape index (κ2) is 36.1. The van der Waals surface area contributed by atoms with Crippen molar-refractivity contribution in [1.29, 1.82) is 0 Å². The highest BCUT2D eigenvalue weighted by Gasteiger charge is 2.15. The molecule has 1 aromatic heterocycles. The molecule has 20 nitrogen and oxygen atoms in total. The van der Waals surface area contributed by atoms with Crippen LogP contribution in [-0.2, 0) is 68.2 Å². The number of aromatic nitrogens is 4. The van der Waals surface area contributed by atoms with E-state index in [0.29, 0.717) is 170 Å². The summed E-state index contributed by atoms with van der Waals surface area (Å²) in [6.45, 7) is 17.9. The lowest BCUT2D eigenvalue weighted by Gasteiger charge is -2.19. The summed E-state index contributed by atoms with van der Waals surface area (Å²) in [5, 5.41) is 21.4. The molecule has 0 saturated heterocycles. The fourth-order valence-corrected chi connectivity index (χ4v) is 4.46. The molecular weight excluding hydrogens is 788 g/mol. The largest absolute Gasteiger partial charge is 0.444 e. The average molecular weight is 857 g/mol. The normalized spacial score (nSPS) is 11.5. The van der Waals surface area contributed by atoms with E-state index in [9.17, 15) is 9.59 Å². The molecule has 0 bridgehead atoms. The van der Waals surface area contributed by atoms with Gasteiger partial charge in [-0.05, 0) is 33.3 Å². The quantitative estimate of drug-likeness (QED) is 0.0918. The minimum atomic E-state index is -0.519. The molecule has 342 valence electrons. The molecule has 0 aliphatic carbocycles. The van der Waals surface area contributed by atoms with Crippen LogP contribution >= 0.6 is 0 Å². The topological polar surface area (TPSA) is 221 Å². The molecule has 0 aliphatic rings. The van der Waals surface area contributed by atoms with E-state index in [1.54, 1.807) is 6.92 Å². The van der Waals surface area contributed by atoms with Gasteiger partial charge < -0.3 is 67.5 Å². The van der Waals surface area contributed by atoms with Crippen LogP contribution in [0.2, 0.25) is 0 Å². The molecule has 0 aliphatic heterocycles. The molecule has 0 fully saturated rings. The van der Waals surface area contributed by atoms with Crippen LogP contribution < -0.4 is 10.6 Å². The number of carbonyl (C=O) groups excluding carboxylic acids is 2. The number of amides is 2. The van der Waals surface area contributed by atoms with Gasteiger partial charge in [0.25, 0.3) is 0 Å². The van der Waals surface area contributed by atoms with E-state index in [1.165, 1.54) is 0 Å². The van der Waals surface area contributed by atoms with Gasteiger partial charge in [0.15, 0.2) is 5.82 Å². The summed E-state index contributed by atoms with van der Waals surface area (Å²) in [7, 11) is 0. The van der Waals surface area contributed by atoms with Gasteiger partial charge in [-0.15, -0.1) is 20.4 Å². The Morgan fingerprint density at radius 1 is 0.483 bits per heavy atom. The summed E-state index contributed by atoms with van der Waals surface area (Å²) < 4.78 is 65.4. The van der Waals surface area contributed by atoms with E-state index >= 15 is 0 Å². The van der Waals surface area contributed by atoms with Gasteiger partial charge >= 0.3 is 6.09 Å². The molecule has 2 amide bonds. The second-order valence-corrected chi connectivity index (χ2v) is 13.7. The van der Waals surface area contributed by atoms with Crippen LogP contribution in [0.15, 0.2) is 24.3 Å². The molecule has 2 N–H and O–H groups in total. The number of alkyl carbamates (subject to hydrolysis) is 1. The van der Waals surface area contributed by atoms with Crippen LogP contribution in [0.25, 0.3) is 11.4 Å². The highest BCUT2D eigenvalue weighted by atomic mass is 16.6. The second-order valence-electron chi connectivity index (χ2n) is 13.7. The Balaban J connectivity index is 1.18. The zero-order valence-electron chi connectivity index (χ0n) is 36.0. The molecule has 0 saturated carbocycles. The van der Waals surface area contributed by atoms with Crippen LogP contribution in [0.3, 0.4) is 0 Å². The van der Waals surface area contributed by atoms with E-state index in [0.717, 1.165) is 11.1 Å². The summed E-state index contributed by atoms with van der Waals surface area (Å²) in [6.07, 6.45) is -0.193.